The van der Waals surface area contributed by atoms with Crippen LogP contribution in [0.25, 0.3) is 0 Å². The molecule has 2 aromatic carbocycles. The lowest BCUT2D eigenvalue weighted by Gasteiger charge is -2.10. The molecule has 7 nitrogen and oxygen atoms in total. The quantitative estimate of drug-likeness (QED) is 0.401. The molecule has 0 spiro atoms. The number of pyridine rings is 1. The number of nitro benzene ring substituents is 1. The number of hydrogen-bond donors (Lipinski definition) is 1. The third-order valence-electron chi connectivity index (χ3n) is 4.00. The third kappa shape index (κ3) is 4.32. The Morgan fingerprint density at radius 1 is 1.07 bits per heavy atom. The average Bonchev–Trinajstić information content (AvgIpc) is 2.70. The van der Waals surface area contributed by atoms with Crippen molar-refractivity contribution in [2.45, 2.75) is 6.54 Å². The molecule has 3 rings (SSSR count). The van der Waals surface area contributed by atoms with Crippen molar-refractivity contribution >= 4 is 17.3 Å². The Balaban J connectivity index is 1.86. The van der Waals surface area contributed by atoms with Crippen molar-refractivity contribution in [1.29, 1.82) is 0 Å². The van der Waals surface area contributed by atoms with E-state index in [2.05, 4.69) is 5.32 Å². The van der Waals surface area contributed by atoms with Crippen molar-refractivity contribution in [3.8, 4) is 0 Å². The first kappa shape index (κ1) is 19.8. The van der Waals surface area contributed by atoms with E-state index in [1.54, 1.807) is 6.07 Å². The lowest BCUT2D eigenvalue weighted by Crippen LogP contribution is -2.23. The van der Waals surface area contributed by atoms with E-state index in [0.29, 0.717) is 11.6 Å². The minimum atomic E-state index is -1.72. The predicted molar refractivity (Wildman–Crippen MR) is 97.2 cm³/mol. The van der Waals surface area contributed by atoms with Crippen LogP contribution in [0.2, 0.25) is 0 Å². The Morgan fingerprint density at radius 3 is 2.55 bits per heavy atom. The monoisotopic (exact) mass is 403 g/mol. The summed E-state index contributed by atoms with van der Waals surface area (Å²) in [5, 5.41) is 13.0. The Labute approximate surface area is 161 Å². The molecule has 29 heavy (non-hydrogen) atoms. The molecule has 0 bridgehead atoms. The van der Waals surface area contributed by atoms with Gasteiger partial charge in [0, 0.05) is 24.4 Å². The first-order chi connectivity index (χ1) is 13.8. The zero-order valence-corrected chi connectivity index (χ0v) is 14.6. The first-order valence-electron chi connectivity index (χ1n) is 8.15. The van der Waals surface area contributed by atoms with Gasteiger partial charge in [-0.2, -0.15) is 0 Å². The molecular formula is C19H12F3N3O4. The van der Waals surface area contributed by atoms with Crippen molar-refractivity contribution in [2.24, 2.45) is 0 Å². The molecule has 0 unspecified atom stereocenters. The van der Waals surface area contributed by atoms with Gasteiger partial charge in [-0.05, 0) is 23.8 Å². The van der Waals surface area contributed by atoms with Crippen LogP contribution >= 0.6 is 0 Å². The lowest BCUT2D eigenvalue weighted by molar-refractivity contribution is -0.384. The SMILES string of the molecule is O=C(Nc1ccc(F)c(F)c1F)c1ccc(=O)n(Cc2cccc([N+](=O)[O-])c2)c1. The van der Waals surface area contributed by atoms with Gasteiger partial charge in [-0.25, -0.2) is 13.2 Å². The number of carbonyl (C=O) groups is 1. The highest BCUT2D eigenvalue weighted by Crippen LogP contribution is 2.20. The second-order valence-corrected chi connectivity index (χ2v) is 5.99. The van der Waals surface area contributed by atoms with Crippen molar-refractivity contribution in [3.05, 3.63) is 104 Å². The highest BCUT2D eigenvalue weighted by Gasteiger charge is 2.16. The molecular weight excluding hydrogens is 391 g/mol. The number of anilines is 1. The van der Waals surface area contributed by atoms with Crippen LogP contribution in [0.15, 0.2) is 59.5 Å². The lowest BCUT2D eigenvalue weighted by atomic mass is 10.2. The molecule has 1 N–H and O–H groups in total. The molecule has 3 aromatic rings. The number of nitrogens with one attached hydrogen (secondary N) is 1. The highest BCUT2D eigenvalue weighted by atomic mass is 19.2. The van der Waals surface area contributed by atoms with Gasteiger partial charge in [0.05, 0.1) is 22.7 Å². The molecule has 0 aliphatic heterocycles. The minimum absolute atomic E-state index is 0.0544. The average molecular weight is 403 g/mol. The topological polar surface area (TPSA) is 94.2 Å². The Bertz CT molecular complexity index is 1180. The van der Waals surface area contributed by atoms with Gasteiger partial charge in [0.25, 0.3) is 17.2 Å². The summed E-state index contributed by atoms with van der Waals surface area (Å²) < 4.78 is 41.2. The molecule has 0 atom stereocenters. The van der Waals surface area contributed by atoms with Crippen LogP contribution in [0.1, 0.15) is 15.9 Å². The van der Waals surface area contributed by atoms with Gasteiger partial charge in [-0.3, -0.25) is 19.7 Å². The van der Waals surface area contributed by atoms with Crippen molar-refractivity contribution in [1.82, 2.24) is 4.57 Å². The van der Waals surface area contributed by atoms with E-state index in [1.807, 2.05) is 0 Å². The fraction of sp³-hybridized carbons (Fsp3) is 0.0526. The minimum Gasteiger partial charge on any atom is -0.319 e. The molecule has 148 valence electrons. The second kappa shape index (κ2) is 7.97. The Hall–Kier alpha value is -3.95. The largest absolute Gasteiger partial charge is 0.319 e. The van der Waals surface area contributed by atoms with Crippen LogP contribution in [0.4, 0.5) is 24.5 Å². The van der Waals surface area contributed by atoms with E-state index in [0.717, 1.165) is 16.7 Å². The molecule has 0 aliphatic rings. The van der Waals surface area contributed by atoms with E-state index >= 15 is 0 Å². The van der Waals surface area contributed by atoms with Gasteiger partial charge < -0.3 is 9.88 Å². The zero-order chi connectivity index (χ0) is 21.1. The number of rotatable bonds is 5. The second-order valence-electron chi connectivity index (χ2n) is 5.99. The fourth-order valence-corrected chi connectivity index (χ4v) is 2.57. The summed E-state index contributed by atoms with van der Waals surface area (Å²) >= 11 is 0. The van der Waals surface area contributed by atoms with Gasteiger partial charge in [-0.15, -0.1) is 0 Å². The first-order valence-corrected chi connectivity index (χ1v) is 8.15. The molecule has 0 saturated heterocycles. The number of nitrogens with zero attached hydrogens (tertiary/aromatic N) is 2. The van der Waals surface area contributed by atoms with Crippen LogP contribution in [0.3, 0.4) is 0 Å². The van der Waals surface area contributed by atoms with Crippen molar-refractivity contribution in [3.63, 3.8) is 0 Å². The van der Waals surface area contributed by atoms with E-state index in [9.17, 15) is 32.9 Å². The van der Waals surface area contributed by atoms with Crippen LogP contribution in [-0.4, -0.2) is 15.4 Å². The maximum atomic E-state index is 13.7. The maximum Gasteiger partial charge on any atom is 0.269 e. The number of aromatic nitrogens is 1. The standard InChI is InChI=1S/C19H12F3N3O4/c20-14-5-6-15(18(22)17(14)21)23-19(27)12-4-7-16(26)24(10-12)9-11-2-1-3-13(8-11)25(28)29/h1-8,10H,9H2,(H,23,27). The summed E-state index contributed by atoms with van der Waals surface area (Å²) in [6.07, 6.45) is 1.17. The van der Waals surface area contributed by atoms with E-state index in [1.165, 1.54) is 30.5 Å². The third-order valence-corrected chi connectivity index (χ3v) is 4.00. The van der Waals surface area contributed by atoms with Crippen molar-refractivity contribution < 1.29 is 22.9 Å². The van der Waals surface area contributed by atoms with Gasteiger partial charge in [-0.1, -0.05) is 12.1 Å². The van der Waals surface area contributed by atoms with Gasteiger partial charge in [0.2, 0.25) is 0 Å². The van der Waals surface area contributed by atoms with Gasteiger partial charge in [0.1, 0.15) is 0 Å². The molecule has 1 heterocycles. The summed E-state index contributed by atoms with van der Waals surface area (Å²) in [7, 11) is 0. The number of benzene rings is 2. The van der Waals surface area contributed by atoms with Gasteiger partial charge in [0.15, 0.2) is 17.5 Å². The van der Waals surface area contributed by atoms with E-state index in [4.69, 9.17) is 0 Å². The number of halogens is 3. The van der Waals surface area contributed by atoms with Crippen LogP contribution in [0.5, 0.6) is 0 Å². The molecule has 1 aromatic heterocycles. The molecule has 10 heteroatoms. The fourth-order valence-electron chi connectivity index (χ4n) is 2.57. The maximum absolute atomic E-state index is 13.7. The van der Waals surface area contributed by atoms with E-state index in [-0.39, 0.29) is 17.8 Å². The van der Waals surface area contributed by atoms with Crippen LogP contribution < -0.4 is 10.9 Å². The molecule has 0 saturated carbocycles. The summed E-state index contributed by atoms with van der Waals surface area (Å²) in [4.78, 5) is 34.7. The molecule has 0 aliphatic carbocycles. The summed E-state index contributed by atoms with van der Waals surface area (Å²) in [6, 6.07) is 9.42. The van der Waals surface area contributed by atoms with E-state index < -0.39 is 39.5 Å². The van der Waals surface area contributed by atoms with Crippen LogP contribution in [0, 0.1) is 27.6 Å². The number of non-ortho nitro benzene ring substituents is 1. The van der Waals surface area contributed by atoms with Crippen LogP contribution in [-0.2, 0) is 6.54 Å². The van der Waals surface area contributed by atoms with Gasteiger partial charge >= 0.3 is 0 Å². The Morgan fingerprint density at radius 2 is 1.83 bits per heavy atom. The number of nitro groups is 1. The number of hydrogen-bond acceptors (Lipinski definition) is 4. The summed E-state index contributed by atoms with van der Waals surface area (Å²) in [5.74, 6) is -5.53. The zero-order valence-electron chi connectivity index (χ0n) is 14.6. The molecule has 1 amide bonds. The molecule has 0 fully saturated rings. The number of carbonyl (C=O) groups excluding carboxylic acids is 1. The molecule has 0 radical (unpaired) electrons. The highest BCUT2D eigenvalue weighted by molar-refractivity contribution is 6.04. The smallest absolute Gasteiger partial charge is 0.269 e. The van der Waals surface area contributed by atoms with Crippen molar-refractivity contribution in [2.75, 3.05) is 5.32 Å². The number of amides is 1. The summed E-state index contributed by atoms with van der Waals surface area (Å²) in [5.41, 5.74) is -0.805. The Kier molecular flexibility index (Phi) is 5.44. The summed E-state index contributed by atoms with van der Waals surface area (Å²) in [6.45, 7) is -0.0544. The normalized spacial score (nSPS) is 10.6. The predicted octanol–water partition coefficient (Wildman–Crippen LogP) is 3.47.